The smallest absolute Gasteiger partial charge is 0.241 e. The topological polar surface area (TPSA) is 9.23 Å². The molecule has 2 rings (SSSR count). The summed E-state index contributed by atoms with van der Waals surface area (Å²) in [7, 11) is -1.65. The zero-order chi connectivity index (χ0) is 16.7. The van der Waals surface area contributed by atoms with Gasteiger partial charge in [0.25, 0.3) is 0 Å². The second-order valence-corrected chi connectivity index (χ2v) is 10.5. The Morgan fingerprint density at radius 3 is 1.87 bits per heavy atom. The van der Waals surface area contributed by atoms with Gasteiger partial charge in [-0.3, -0.25) is 0 Å². The van der Waals surface area contributed by atoms with Crippen LogP contribution in [0.4, 0.5) is 0 Å². The molecule has 0 fully saturated rings. The first-order valence-electron chi connectivity index (χ1n) is 8.02. The normalized spacial score (nSPS) is 13.6. The third-order valence-electron chi connectivity index (χ3n) is 3.49. The molecule has 3 heteroatoms. The summed E-state index contributed by atoms with van der Waals surface area (Å²) in [5.74, 6) is 0. The van der Waals surface area contributed by atoms with Crippen molar-refractivity contribution < 1.29 is 4.43 Å². The molecule has 0 N–H and O–H groups in total. The van der Waals surface area contributed by atoms with Crippen molar-refractivity contribution in [3.05, 3.63) is 72.8 Å². The molecule has 1 atom stereocenters. The van der Waals surface area contributed by atoms with Crippen LogP contribution in [0.25, 0.3) is 0 Å². The van der Waals surface area contributed by atoms with E-state index in [0.717, 1.165) is 6.42 Å². The van der Waals surface area contributed by atoms with Gasteiger partial charge in [-0.05, 0) is 44.8 Å². The number of alkyl halides is 1. The highest BCUT2D eigenvalue weighted by atomic mass is 127. The van der Waals surface area contributed by atoms with Crippen LogP contribution < -0.4 is 10.4 Å². The summed E-state index contributed by atoms with van der Waals surface area (Å²) < 4.78 is 6.58. The molecule has 0 aromatic heterocycles. The Kier molecular flexibility index (Phi) is 7.05. The van der Waals surface area contributed by atoms with E-state index in [2.05, 4.69) is 116 Å². The van der Waals surface area contributed by atoms with Crippen molar-refractivity contribution in [2.45, 2.75) is 31.3 Å². The molecule has 122 valence electrons. The van der Waals surface area contributed by atoms with E-state index in [4.69, 9.17) is 4.43 Å². The van der Waals surface area contributed by atoms with Gasteiger partial charge in [0, 0.05) is 0 Å². The van der Waals surface area contributed by atoms with Gasteiger partial charge in [0.2, 0.25) is 9.04 Å². The predicted molar refractivity (Wildman–Crippen MR) is 111 cm³/mol. The summed E-state index contributed by atoms with van der Waals surface area (Å²) >= 11 is 2.39. The maximum absolute atomic E-state index is 6.48. The van der Waals surface area contributed by atoms with Crippen molar-refractivity contribution in [2.75, 3.05) is 0 Å². The lowest BCUT2D eigenvalue weighted by Gasteiger charge is -2.20. The molecule has 23 heavy (non-hydrogen) atoms. The molecule has 0 spiro atoms. The molecule has 0 amide bonds. The van der Waals surface area contributed by atoms with Crippen molar-refractivity contribution in [3.63, 3.8) is 0 Å². The molecule has 2 aromatic rings. The minimum Gasteiger partial charge on any atom is -0.396 e. The van der Waals surface area contributed by atoms with Crippen LogP contribution in [0.5, 0.6) is 0 Å². The average molecular weight is 436 g/mol. The summed E-state index contributed by atoms with van der Waals surface area (Å²) in [4.78, 5) is 0. The van der Waals surface area contributed by atoms with Crippen LogP contribution in [-0.2, 0) is 4.43 Å². The summed E-state index contributed by atoms with van der Waals surface area (Å²) in [5.41, 5.74) is 0.322. The summed E-state index contributed by atoms with van der Waals surface area (Å²) in [6.45, 7) is 6.77. The first kappa shape index (κ1) is 18.4. The Hall–Kier alpha value is -0.913. The molecule has 1 unspecified atom stereocenters. The lowest BCUT2D eigenvalue weighted by molar-refractivity contribution is 0.362. The molecule has 0 aliphatic rings. The van der Waals surface area contributed by atoms with Crippen LogP contribution in [0.15, 0.2) is 72.8 Å². The first-order valence-corrected chi connectivity index (χ1v) is 10.9. The second kappa shape index (κ2) is 8.80. The van der Waals surface area contributed by atoms with Gasteiger partial charge in [-0.15, -0.1) is 0 Å². The van der Waals surface area contributed by atoms with Crippen molar-refractivity contribution in [1.29, 1.82) is 0 Å². The van der Waals surface area contributed by atoms with Crippen molar-refractivity contribution >= 4 is 42.0 Å². The summed E-state index contributed by atoms with van der Waals surface area (Å²) in [5, 5.41) is 2.65. The number of allylic oxidation sites excluding steroid dienone is 1. The molecule has 0 aliphatic heterocycles. The lowest BCUT2D eigenvalue weighted by Crippen LogP contribution is -2.46. The number of benzene rings is 2. The van der Waals surface area contributed by atoms with Crippen LogP contribution in [0.2, 0.25) is 0 Å². The van der Waals surface area contributed by atoms with Crippen LogP contribution >= 0.6 is 22.6 Å². The number of hydrogen-bond acceptors (Lipinski definition) is 1. The Morgan fingerprint density at radius 1 is 0.957 bits per heavy atom. The van der Waals surface area contributed by atoms with E-state index >= 15 is 0 Å². The molecule has 1 nitrogen and oxygen atoms in total. The Balaban J connectivity index is 2.13. The largest absolute Gasteiger partial charge is 0.396 e. The number of hydrogen-bond donors (Lipinski definition) is 0. The molecule has 0 heterocycles. The fourth-order valence-electron chi connectivity index (χ4n) is 2.31. The van der Waals surface area contributed by atoms with Crippen LogP contribution in [-0.4, -0.2) is 13.2 Å². The molecule has 0 aliphatic carbocycles. The average Bonchev–Trinajstić information content (AvgIpc) is 2.53. The van der Waals surface area contributed by atoms with Gasteiger partial charge in [-0.1, -0.05) is 93.6 Å². The third-order valence-corrected chi connectivity index (χ3v) is 7.30. The molecular weight excluding hydrogens is 411 g/mol. The van der Waals surface area contributed by atoms with E-state index in [1.54, 1.807) is 0 Å². The van der Waals surface area contributed by atoms with Gasteiger partial charge >= 0.3 is 0 Å². The lowest BCUT2D eigenvalue weighted by atomic mass is 9.92. The maximum atomic E-state index is 6.48. The number of halogens is 1. The van der Waals surface area contributed by atoms with Crippen molar-refractivity contribution in [2.24, 2.45) is 5.41 Å². The Bertz CT molecular complexity index is 565. The van der Waals surface area contributed by atoms with Gasteiger partial charge < -0.3 is 4.43 Å². The first-order chi connectivity index (χ1) is 11.0. The van der Waals surface area contributed by atoms with Crippen molar-refractivity contribution in [3.8, 4) is 0 Å². The van der Waals surface area contributed by atoms with E-state index in [1.807, 2.05) is 0 Å². The summed E-state index contributed by atoms with van der Waals surface area (Å²) in [6, 6.07) is 21.3. The van der Waals surface area contributed by atoms with Crippen molar-refractivity contribution in [1.82, 2.24) is 0 Å². The minimum atomic E-state index is -1.65. The minimum absolute atomic E-state index is 0.104. The maximum Gasteiger partial charge on any atom is 0.241 e. The van der Waals surface area contributed by atoms with Crippen LogP contribution in [0, 0.1) is 5.41 Å². The zero-order valence-electron chi connectivity index (χ0n) is 14.1. The van der Waals surface area contributed by atoms with Crippen LogP contribution in [0.1, 0.15) is 27.2 Å². The van der Waals surface area contributed by atoms with Gasteiger partial charge in [0.05, 0.1) is 0 Å². The van der Waals surface area contributed by atoms with Gasteiger partial charge in [-0.25, -0.2) is 0 Å². The van der Waals surface area contributed by atoms with E-state index in [1.165, 1.54) is 10.4 Å². The van der Waals surface area contributed by atoms with Gasteiger partial charge in [-0.2, -0.15) is 0 Å². The highest BCUT2D eigenvalue weighted by molar-refractivity contribution is 14.1. The van der Waals surface area contributed by atoms with E-state index in [9.17, 15) is 0 Å². The quantitative estimate of drug-likeness (QED) is 0.284. The number of rotatable bonds is 6. The van der Waals surface area contributed by atoms with E-state index < -0.39 is 9.04 Å². The summed E-state index contributed by atoms with van der Waals surface area (Å²) in [6.07, 6.45) is 5.51. The Labute approximate surface area is 155 Å². The molecule has 0 saturated carbocycles. The molecule has 0 saturated heterocycles. The van der Waals surface area contributed by atoms with Crippen LogP contribution in [0.3, 0.4) is 0 Å². The standard InChI is InChI=1S/C20H25IOSi/c1-20(2,3)16-10-15-19(21)22-23(17-11-6-4-7-12-17)18-13-8-5-9-14-18/h4-15,19,23H,16H2,1-3H3. The third kappa shape index (κ3) is 6.61. The van der Waals surface area contributed by atoms with E-state index in [0.29, 0.717) is 5.41 Å². The SMILES string of the molecule is CC(C)(C)CC=CC(I)O[SiH](c1ccccc1)c1ccccc1. The monoisotopic (exact) mass is 436 g/mol. The molecule has 2 aromatic carbocycles. The molecule has 0 radical (unpaired) electrons. The van der Waals surface area contributed by atoms with Gasteiger partial charge in [0.15, 0.2) is 0 Å². The molecular formula is C20H25IOSi. The zero-order valence-corrected chi connectivity index (χ0v) is 17.4. The highest BCUT2D eigenvalue weighted by Crippen LogP contribution is 2.19. The second-order valence-electron chi connectivity index (χ2n) is 6.88. The Morgan fingerprint density at radius 2 is 1.43 bits per heavy atom. The molecule has 0 bridgehead atoms. The van der Waals surface area contributed by atoms with E-state index in [-0.39, 0.29) is 4.11 Å². The predicted octanol–water partition coefficient (Wildman–Crippen LogP) is 4.29. The van der Waals surface area contributed by atoms with Gasteiger partial charge in [0.1, 0.15) is 4.11 Å². The fraction of sp³-hybridized carbons (Fsp3) is 0.300. The highest BCUT2D eigenvalue weighted by Gasteiger charge is 2.20. The fourth-order valence-corrected chi connectivity index (χ4v) is 5.68.